The van der Waals surface area contributed by atoms with Crippen molar-refractivity contribution in [1.82, 2.24) is 4.90 Å². The lowest BCUT2D eigenvalue weighted by Crippen LogP contribution is -2.42. The molecule has 1 saturated heterocycles. The highest BCUT2D eigenvalue weighted by Crippen LogP contribution is 2.20. The minimum absolute atomic E-state index is 0.464. The normalized spacial score (nSPS) is 21.5. The summed E-state index contributed by atoms with van der Waals surface area (Å²) >= 11 is 5.03. The van der Waals surface area contributed by atoms with Gasteiger partial charge in [0.1, 0.15) is 0 Å². The zero-order chi connectivity index (χ0) is 11.3. The lowest BCUT2D eigenvalue weighted by Gasteiger charge is -2.35. The van der Waals surface area contributed by atoms with E-state index >= 15 is 0 Å². The summed E-state index contributed by atoms with van der Waals surface area (Å²) in [7, 11) is 1.76. The number of hydrogen-bond acceptors (Lipinski definition) is 3. The number of likely N-dealkylation sites (tertiary alicyclic amines) is 1. The van der Waals surface area contributed by atoms with Gasteiger partial charge in [0.2, 0.25) is 0 Å². The Bertz CT molecular complexity index is 203. The van der Waals surface area contributed by atoms with Crippen molar-refractivity contribution in [3.63, 3.8) is 0 Å². The average molecular weight is 230 g/mol. The van der Waals surface area contributed by atoms with Crippen LogP contribution in [0.15, 0.2) is 0 Å². The Morgan fingerprint density at radius 2 is 2.13 bits per heavy atom. The van der Waals surface area contributed by atoms with Gasteiger partial charge < -0.3 is 15.4 Å². The number of nitrogens with zero attached hydrogens (tertiary/aromatic N) is 1. The van der Waals surface area contributed by atoms with Crippen molar-refractivity contribution in [2.24, 2.45) is 11.7 Å². The predicted octanol–water partition coefficient (Wildman–Crippen LogP) is 1.41. The molecule has 0 radical (unpaired) electrons. The largest absolute Gasteiger partial charge is 0.393 e. The van der Waals surface area contributed by atoms with Crippen LogP contribution >= 0.6 is 12.2 Å². The molecule has 1 unspecified atom stereocenters. The Balaban J connectivity index is 2.27. The van der Waals surface area contributed by atoms with E-state index in [-0.39, 0.29) is 0 Å². The first kappa shape index (κ1) is 12.9. The van der Waals surface area contributed by atoms with Crippen LogP contribution in [0.5, 0.6) is 0 Å². The highest BCUT2D eigenvalue weighted by molar-refractivity contribution is 7.80. The number of piperidine rings is 1. The maximum absolute atomic E-state index is 5.66. The molecule has 0 aromatic carbocycles. The Morgan fingerprint density at radius 3 is 2.60 bits per heavy atom. The standard InChI is InChI=1S/C11H22N2OS/c1-9(5-8-14-2)13-6-3-10(4-7-13)11(12)15/h9-10H,3-8H2,1-2H3,(H2,12,15). The van der Waals surface area contributed by atoms with Crippen molar-refractivity contribution in [2.75, 3.05) is 26.8 Å². The van der Waals surface area contributed by atoms with Crippen LogP contribution < -0.4 is 5.73 Å². The molecule has 1 aliphatic rings. The van der Waals surface area contributed by atoms with Crippen LogP contribution in [0, 0.1) is 5.92 Å². The summed E-state index contributed by atoms with van der Waals surface area (Å²) < 4.78 is 5.10. The molecule has 1 aliphatic heterocycles. The van der Waals surface area contributed by atoms with Gasteiger partial charge in [-0.15, -0.1) is 0 Å². The summed E-state index contributed by atoms with van der Waals surface area (Å²) in [5.41, 5.74) is 5.66. The van der Waals surface area contributed by atoms with Gasteiger partial charge in [-0.25, -0.2) is 0 Å². The summed E-state index contributed by atoms with van der Waals surface area (Å²) in [6.45, 7) is 5.34. The van der Waals surface area contributed by atoms with E-state index < -0.39 is 0 Å². The Hall–Kier alpha value is -0.190. The van der Waals surface area contributed by atoms with Crippen molar-refractivity contribution in [3.8, 4) is 0 Å². The van der Waals surface area contributed by atoms with Crippen molar-refractivity contribution >= 4 is 17.2 Å². The second-order valence-corrected chi connectivity index (χ2v) is 4.81. The Labute approximate surface area is 98.0 Å². The van der Waals surface area contributed by atoms with Gasteiger partial charge in [-0.1, -0.05) is 12.2 Å². The highest BCUT2D eigenvalue weighted by Gasteiger charge is 2.23. The quantitative estimate of drug-likeness (QED) is 0.725. The molecule has 0 amide bonds. The molecule has 1 heterocycles. The van der Waals surface area contributed by atoms with E-state index in [1.54, 1.807) is 7.11 Å². The van der Waals surface area contributed by atoms with Gasteiger partial charge in [-0.3, -0.25) is 0 Å². The third kappa shape index (κ3) is 4.05. The topological polar surface area (TPSA) is 38.5 Å². The summed E-state index contributed by atoms with van der Waals surface area (Å²) in [5.74, 6) is 0.464. The van der Waals surface area contributed by atoms with E-state index in [1.165, 1.54) is 0 Å². The second kappa shape index (κ2) is 6.40. The molecule has 0 saturated carbocycles. The molecule has 0 aliphatic carbocycles. The molecule has 0 aromatic rings. The molecule has 4 heteroatoms. The zero-order valence-corrected chi connectivity index (χ0v) is 10.6. The highest BCUT2D eigenvalue weighted by atomic mass is 32.1. The van der Waals surface area contributed by atoms with Gasteiger partial charge in [0, 0.05) is 25.7 Å². The molecule has 1 fully saturated rings. The average Bonchev–Trinajstić information content (AvgIpc) is 2.26. The first-order chi connectivity index (χ1) is 7.15. The number of hydrogen-bond donors (Lipinski definition) is 1. The maximum Gasteiger partial charge on any atom is 0.0759 e. The van der Waals surface area contributed by atoms with Crippen molar-refractivity contribution in [3.05, 3.63) is 0 Å². The molecule has 1 atom stereocenters. The van der Waals surface area contributed by atoms with Crippen LogP contribution in [-0.4, -0.2) is 42.7 Å². The summed E-state index contributed by atoms with van der Waals surface area (Å²) in [6, 6.07) is 0.609. The van der Waals surface area contributed by atoms with Crippen LogP contribution in [0.25, 0.3) is 0 Å². The zero-order valence-electron chi connectivity index (χ0n) is 9.74. The number of ether oxygens (including phenoxy) is 1. The molecule has 3 nitrogen and oxygen atoms in total. The molecule has 0 bridgehead atoms. The van der Waals surface area contributed by atoms with Gasteiger partial charge in [-0.05, 0) is 39.3 Å². The third-order valence-corrected chi connectivity index (χ3v) is 3.63. The SMILES string of the molecule is COCCC(C)N1CCC(C(N)=S)CC1. The van der Waals surface area contributed by atoms with Crippen LogP contribution in [0.4, 0.5) is 0 Å². The summed E-state index contributed by atoms with van der Waals surface area (Å²) in [5, 5.41) is 0. The summed E-state index contributed by atoms with van der Waals surface area (Å²) in [4.78, 5) is 3.20. The Kier molecular flexibility index (Phi) is 5.50. The summed E-state index contributed by atoms with van der Waals surface area (Å²) in [6.07, 6.45) is 3.34. The Morgan fingerprint density at radius 1 is 1.53 bits per heavy atom. The molecule has 88 valence electrons. The van der Waals surface area contributed by atoms with E-state index in [1.807, 2.05) is 0 Å². The van der Waals surface area contributed by atoms with E-state index in [0.717, 1.165) is 39.0 Å². The van der Waals surface area contributed by atoms with Crippen molar-refractivity contribution in [2.45, 2.75) is 32.2 Å². The van der Waals surface area contributed by atoms with Gasteiger partial charge in [-0.2, -0.15) is 0 Å². The fourth-order valence-corrected chi connectivity index (χ4v) is 2.33. The number of thiocarbonyl (C=S) groups is 1. The molecular weight excluding hydrogens is 208 g/mol. The first-order valence-electron chi connectivity index (χ1n) is 5.67. The molecule has 15 heavy (non-hydrogen) atoms. The van der Waals surface area contributed by atoms with E-state index in [2.05, 4.69) is 11.8 Å². The van der Waals surface area contributed by atoms with Crippen LogP contribution in [0.3, 0.4) is 0 Å². The van der Waals surface area contributed by atoms with E-state index in [0.29, 0.717) is 16.9 Å². The van der Waals surface area contributed by atoms with Crippen molar-refractivity contribution in [1.29, 1.82) is 0 Å². The van der Waals surface area contributed by atoms with E-state index in [9.17, 15) is 0 Å². The number of nitrogens with two attached hydrogens (primary N) is 1. The molecule has 2 N–H and O–H groups in total. The van der Waals surface area contributed by atoms with Crippen LogP contribution in [0.2, 0.25) is 0 Å². The second-order valence-electron chi connectivity index (χ2n) is 4.34. The van der Waals surface area contributed by atoms with Crippen LogP contribution in [0.1, 0.15) is 26.2 Å². The molecular formula is C11H22N2OS. The fraction of sp³-hybridized carbons (Fsp3) is 0.909. The van der Waals surface area contributed by atoms with Crippen LogP contribution in [-0.2, 0) is 4.74 Å². The lowest BCUT2D eigenvalue weighted by molar-refractivity contribution is 0.116. The minimum Gasteiger partial charge on any atom is -0.393 e. The smallest absolute Gasteiger partial charge is 0.0759 e. The van der Waals surface area contributed by atoms with Gasteiger partial charge >= 0.3 is 0 Å². The van der Waals surface area contributed by atoms with Gasteiger partial charge in [0.25, 0.3) is 0 Å². The molecule has 1 rings (SSSR count). The molecule has 0 spiro atoms. The van der Waals surface area contributed by atoms with Gasteiger partial charge in [0.15, 0.2) is 0 Å². The number of rotatable bonds is 5. The minimum atomic E-state index is 0.464. The third-order valence-electron chi connectivity index (χ3n) is 3.30. The first-order valence-corrected chi connectivity index (χ1v) is 6.08. The number of methoxy groups -OCH3 is 1. The monoisotopic (exact) mass is 230 g/mol. The maximum atomic E-state index is 5.66. The lowest BCUT2D eigenvalue weighted by atomic mass is 9.95. The predicted molar refractivity (Wildman–Crippen MR) is 67.0 cm³/mol. The van der Waals surface area contributed by atoms with Gasteiger partial charge in [0.05, 0.1) is 4.99 Å². The fourth-order valence-electron chi connectivity index (χ4n) is 2.10. The van der Waals surface area contributed by atoms with E-state index in [4.69, 9.17) is 22.7 Å². The van der Waals surface area contributed by atoms with Crippen molar-refractivity contribution < 1.29 is 4.74 Å². The molecule has 0 aromatic heterocycles.